The molecule has 0 atom stereocenters. The van der Waals surface area contributed by atoms with Gasteiger partial charge >= 0.3 is 0 Å². The van der Waals surface area contributed by atoms with Crippen molar-refractivity contribution in [1.29, 1.82) is 0 Å². The molecule has 0 bridgehead atoms. The SMILES string of the molecule is O=C(Nc1ccc2cn[nH]c2c1)c1cn(-c2ccc3cn[nH]c3c2)ccc1=O. The van der Waals surface area contributed by atoms with Crippen LogP contribution >= 0.6 is 0 Å². The van der Waals surface area contributed by atoms with Crippen LogP contribution in [0.1, 0.15) is 10.4 Å². The van der Waals surface area contributed by atoms with Gasteiger partial charge in [-0.05, 0) is 36.4 Å². The van der Waals surface area contributed by atoms with E-state index in [2.05, 4.69) is 25.7 Å². The van der Waals surface area contributed by atoms with Gasteiger partial charge in [-0.15, -0.1) is 0 Å². The van der Waals surface area contributed by atoms with Gasteiger partial charge in [0.1, 0.15) is 5.56 Å². The summed E-state index contributed by atoms with van der Waals surface area (Å²) in [6, 6.07) is 12.5. The van der Waals surface area contributed by atoms with Crippen molar-refractivity contribution < 1.29 is 4.79 Å². The van der Waals surface area contributed by atoms with E-state index in [0.717, 1.165) is 27.5 Å². The second-order valence-electron chi connectivity index (χ2n) is 6.40. The number of hydrogen-bond donors (Lipinski definition) is 3. The van der Waals surface area contributed by atoms with Gasteiger partial charge in [-0.1, -0.05) is 0 Å². The smallest absolute Gasteiger partial charge is 0.261 e. The van der Waals surface area contributed by atoms with Gasteiger partial charge in [-0.3, -0.25) is 19.8 Å². The molecule has 28 heavy (non-hydrogen) atoms. The topological polar surface area (TPSA) is 108 Å². The maximum Gasteiger partial charge on any atom is 0.261 e. The number of hydrogen-bond acceptors (Lipinski definition) is 4. The Morgan fingerprint density at radius 2 is 1.64 bits per heavy atom. The number of fused-ring (bicyclic) bond motifs is 2. The zero-order chi connectivity index (χ0) is 19.1. The minimum Gasteiger partial charge on any atom is -0.323 e. The van der Waals surface area contributed by atoms with Gasteiger partial charge in [0.15, 0.2) is 5.43 Å². The van der Waals surface area contributed by atoms with E-state index in [9.17, 15) is 9.59 Å². The highest BCUT2D eigenvalue weighted by Gasteiger charge is 2.12. The second kappa shape index (κ2) is 6.20. The van der Waals surface area contributed by atoms with E-state index >= 15 is 0 Å². The number of H-pyrrole nitrogens is 2. The summed E-state index contributed by atoms with van der Waals surface area (Å²) in [7, 11) is 0. The predicted molar refractivity (Wildman–Crippen MR) is 106 cm³/mol. The average molecular weight is 370 g/mol. The van der Waals surface area contributed by atoms with E-state index in [1.165, 1.54) is 12.3 Å². The Morgan fingerprint density at radius 1 is 0.929 bits per heavy atom. The molecule has 3 N–H and O–H groups in total. The molecular weight excluding hydrogens is 356 g/mol. The minimum absolute atomic E-state index is 0.0527. The third-order valence-corrected chi connectivity index (χ3v) is 4.59. The maximum absolute atomic E-state index is 12.7. The number of aromatic amines is 2. The normalized spacial score (nSPS) is 11.1. The highest BCUT2D eigenvalue weighted by Crippen LogP contribution is 2.18. The fraction of sp³-hybridized carbons (Fsp3) is 0. The molecular formula is C20H14N6O2. The Morgan fingerprint density at radius 3 is 2.43 bits per heavy atom. The molecule has 0 fully saturated rings. The Labute approximate surface area is 157 Å². The fourth-order valence-corrected chi connectivity index (χ4v) is 3.11. The predicted octanol–water partition coefficient (Wildman–Crippen LogP) is 2.84. The molecule has 8 heteroatoms. The van der Waals surface area contributed by atoms with Gasteiger partial charge in [0.25, 0.3) is 5.91 Å². The first-order valence-corrected chi connectivity index (χ1v) is 8.58. The molecule has 0 saturated carbocycles. The number of nitrogens with zero attached hydrogens (tertiary/aromatic N) is 3. The Hall–Kier alpha value is -4.20. The molecule has 0 spiro atoms. The second-order valence-corrected chi connectivity index (χ2v) is 6.40. The Bertz CT molecular complexity index is 1390. The van der Waals surface area contributed by atoms with E-state index in [-0.39, 0.29) is 11.0 Å². The van der Waals surface area contributed by atoms with E-state index in [1.54, 1.807) is 35.3 Å². The lowest BCUT2D eigenvalue weighted by Crippen LogP contribution is -2.22. The molecule has 0 aliphatic rings. The molecule has 0 aliphatic carbocycles. The number of nitrogens with one attached hydrogen (secondary N) is 3. The molecule has 0 saturated heterocycles. The number of amides is 1. The van der Waals surface area contributed by atoms with Crippen LogP contribution in [0.5, 0.6) is 0 Å². The molecule has 3 heterocycles. The number of carbonyl (C=O) groups excluding carboxylic acids is 1. The third-order valence-electron chi connectivity index (χ3n) is 4.59. The Balaban J connectivity index is 1.49. The van der Waals surface area contributed by atoms with Gasteiger partial charge in [-0.25, -0.2) is 0 Å². The number of aromatic nitrogens is 5. The van der Waals surface area contributed by atoms with Gasteiger partial charge in [0.05, 0.1) is 23.4 Å². The van der Waals surface area contributed by atoms with E-state index in [1.807, 2.05) is 24.3 Å². The first-order chi connectivity index (χ1) is 13.7. The van der Waals surface area contributed by atoms with Crippen LogP contribution in [-0.4, -0.2) is 30.9 Å². The van der Waals surface area contributed by atoms with E-state index < -0.39 is 5.91 Å². The van der Waals surface area contributed by atoms with Crippen LogP contribution in [0.25, 0.3) is 27.5 Å². The number of benzene rings is 2. The monoisotopic (exact) mass is 370 g/mol. The molecule has 3 aromatic heterocycles. The summed E-state index contributed by atoms with van der Waals surface area (Å²) in [5.74, 6) is -0.471. The minimum atomic E-state index is -0.471. The van der Waals surface area contributed by atoms with Crippen LogP contribution < -0.4 is 10.7 Å². The fourth-order valence-electron chi connectivity index (χ4n) is 3.11. The quantitative estimate of drug-likeness (QED) is 0.454. The van der Waals surface area contributed by atoms with E-state index in [0.29, 0.717) is 5.69 Å². The summed E-state index contributed by atoms with van der Waals surface area (Å²) in [5.41, 5.74) is 2.77. The summed E-state index contributed by atoms with van der Waals surface area (Å²) in [6.07, 6.45) is 6.60. The van der Waals surface area contributed by atoms with Crippen LogP contribution in [0.2, 0.25) is 0 Å². The standard InChI is InChI=1S/C20H14N6O2/c27-19-5-6-26(15-4-2-13-10-22-25-18(13)8-15)11-16(19)20(28)23-14-3-1-12-9-21-24-17(12)7-14/h1-11H,(H,21,24)(H,22,25)(H,23,28). The van der Waals surface area contributed by atoms with Gasteiger partial charge in [-0.2, -0.15) is 10.2 Å². The van der Waals surface area contributed by atoms with Gasteiger partial charge in [0, 0.05) is 40.6 Å². The van der Waals surface area contributed by atoms with Gasteiger partial charge in [0.2, 0.25) is 0 Å². The molecule has 0 radical (unpaired) electrons. The first-order valence-electron chi connectivity index (χ1n) is 8.58. The molecule has 5 rings (SSSR count). The summed E-state index contributed by atoms with van der Waals surface area (Å²) in [5, 5.41) is 18.4. The lowest BCUT2D eigenvalue weighted by atomic mass is 10.2. The number of carbonyl (C=O) groups is 1. The molecule has 0 unspecified atom stereocenters. The highest BCUT2D eigenvalue weighted by atomic mass is 16.2. The summed E-state index contributed by atoms with van der Waals surface area (Å²) >= 11 is 0. The van der Waals surface area contributed by atoms with Gasteiger partial charge < -0.3 is 9.88 Å². The van der Waals surface area contributed by atoms with Crippen LogP contribution in [0.3, 0.4) is 0 Å². The molecule has 8 nitrogen and oxygen atoms in total. The van der Waals surface area contributed by atoms with Crippen molar-refractivity contribution in [3.8, 4) is 5.69 Å². The van der Waals surface area contributed by atoms with Crippen molar-refractivity contribution in [3.05, 3.63) is 83.0 Å². The van der Waals surface area contributed by atoms with Crippen molar-refractivity contribution in [2.45, 2.75) is 0 Å². The van der Waals surface area contributed by atoms with Crippen LogP contribution in [0, 0.1) is 0 Å². The lowest BCUT2D eigenvalue weighted by molar-refractivity contribution is 0.102. The zero-order valence-corrected chi connectivity index (χ0v) is 14.5. The molecule has 136 valence electrons. The third kappa shape index (κ3) is 2.73. The molecule has 1 amide bonds. The largest absolute Gasteiger partial charge is 0.323 e. The molecule has 5 aromatic rings. The zero-order valence-electron chi connectivity index (χ0n) is 14.5. The highest BCUT2D eigenvalue weighted by molar-refractivity contribution is 6.04. The summed E-state index contributed by atoms with van der Waals surface area (Å²) in [6.45, 7) is 0. The number of rotatable bonds is 3. The van der Waals surface area contributed by atoms with Crippen molar-refractivity contribution in [3.63, 3.8) is 0 Å². The van der Waals surface area contributed by atoms with Crippen molar-refractivity contribution in [2.75, 3.05) is 5.32 Å². The van der Waals surface area contributed by atoms with Crippen molar-refractivity contribution in [1.82, 2.24) is 25.0 Å². The van der Waals surface area contributed by atoms with Crippen LogP contribution in [-0.2, 0) is 0 Å². The van der Waals surface area contributed by atoms with Crippen LogP contribution in [0.15, 0.2) is 72.0 Å². The Kier molecular flexibility index (Phi) is 3.55. The summed E-state index contributed by atoms with van der Waals surface area (Å²) < 4.78 is 1.73. The van der Waals surface area contributed by atoms with Crippen molar-refractivity contribution >= 4 is 33.4 Å². The summed E-state index contributed by atoms with van der Waals surface area (Å²) in [4.78, 5) is 25.0. The van der Waals surface area contributed by atoms with Crippen molar-refractivity contribution in [2.24, 2.45) is 0 Å². The van der Waals surface area contributed by atoms with Crippen LogP contribution in [0.4, 0.5) is 5.69 Å². The van der Waals surface area contributed by atoms with E-state index in [4.69, 9.17) is 0 Å². The number of anilines is 1. The average Bonchev–Trinajstić information content (AvgIpc) is 3.36. The molecule has 0 aliphatic heterocycles. The maximum atomic E-state index is 12.7. The first kappa shape index (κ1) is 16.0. The molecule has 2 aromatic carbocycles. The lowest BCUT2D eigenvalue weighted by Gasteiger charge is -2.10. The number of pyridine rings is 1.